The Morgan fingerprint density at radius 2 is 2.20 bits per heavy atom. The van der Waals surface area contributed by atoms with Crippen molar-refractivity contribution in [2.75, 3.05) is 12.3 Å². The van der Waals surface area contributed by atoms with Gasteiger partial charge in [-0.05, 0) is 17.7 Å². The smallest absolute Gasteiger partial charge is 0.324 e. The van der Waals surface area contributed by atoms with Crippen LogP contribution in [0.5, 0.6) is 0 Å². The molecule has 2 rings (SSSR count). The zero-order valence-electron chi connectivity index (χ0n) is 8.06. The van der Waals surface area contributed by atoms with E-state index in [-0.39, 0.29) is 25.0 Å². The molecular weight excluding hydrogens is 194 g/mol. The number of nitrogens with two attached hydrogens (primary N) is 1. The minimum Gasteiger partial charge on any atom is -0.399 e. The zero-order valence-corrected chi connectivity index (χ0v) is 8.06. The largest absolute Gasteiger partial charge is 0.399 e. The molecule has 1 aliphatic heterocycles. The highest BCUT2D eigenvalue weighted by molar-refractivity contribution is 6.01. The van der Waals surface area contributed by atoms with E-state index in [1.807, 2.05) is 6.07 Å². The van der Waals surface area contributed by atoms with Gasteiger partial charge >= 0.3 is 6.03 Å². The monoisotopic (exact) mass is 205 g/mol. The van der Waals surface area contributed by atoms with E-state index in [1.165, 1.54) is 4.90 Å². The first-order valence-electron chi connectivity index (χ1n) is 4.59. The Morgan fingerprint density at radius 1 is 1.40 bits per heavy atom. The summed E-state index contributed by atoms with van der Waals surface area (Å²) >= 11 is 0. The topological polar surface area (TPSA) is 75.4 Å². The van der Waals surface area contributed by atoms with E-state index >= 15 is 0 Å². The van der Waals surface area contributed by atoms with Gasteiger partial charge in [-0.1, -0.05) is 12.1 Å². The third-order valence-electron chi connectivity index (χ3n) is 2.23. The van der Waals surface area contributed by atoms with Gasteiger partial charge in [-0.3, -0.25) is 9.69 Å². The van der Waals surface area contributed by atoms with Crippen molar-refractivity contribution in [3.63, 3.8) is 0 Å². The maximum absolute atomic E-state index is 11.3. The standard InChI is InChI=1S/C10H11N3O2/c11-8-3-1-2-7(4-8)6-13-9(14)5-12-10(13)15/h1-4H,5-6,11H2,(H,12,15). The van der Waals surface area contributed by atoms with Gasteiger partial charge in [-0.25, -0.2) is 4.79 Å². The van der Waals surface area contributed by atoms with Crippen molar-refractivity contribution in [2.45, 2.75) is 6.54 Å². The van der Waals surface area contributed by atoms with E-state index in [9.17, 15) is 9.59 Å². The third kappa shape index (κ3) is 1.90. The molecule has 0 saturated carbocycles. The average Bonchev–Trinajstić information content (AvgIpc) is 2.50. The molecule has 1 aliphatic rings. The van der Waals surface area contributed by atoms with Crippen LogP contribution in [0, 0.1) is 0 Å². The van der Waals surface area contributed by atoms with Gasteiger partial charge < -0.3 is 11.1 Å². The molecule has 1 heterocycles. The van der Waals surface area contributed by atoms with Crippen LogP contribution in [-0.2, 0) is 11.3 Å². The molecule has 0 aliphatic carbocycles. The number of anilines is 1. The normalized spacial score (nSPS) is 15.6. The second-order valence-corrected chi connectivity index (χ2v) is 3.38. The van der Waals surface area contributed by atoms with Crippen LogP contribution >= 0.6 is 0 Å². The number of imide groups is 1. The number of carbonyl (C=O) groups excluding carboxylic acids is 2. The van der Waals surface area contributed by atoms with Crippen molar-refractivity contribution in [3.8, 4) is 0 Å². The number of rotatable bonds is 2. The average molecular weight is 205 g/mol. The Balaban J connectivity index is 2.15. The number of nitrogens with zero attached hydrogens (tertiary/aromatic N) is 1. The lowest BCUT2D eigenvalue weighted by molar-refractivity contribution is -0.125. The molecule has 1 aromatic carbocycles. The maximum Gasteiger partial charge on any atom is 0.324 e. The van der Waals surface area contributed by atoms with Crippen LogP contribution in [0.1, 0.15) is 5.56 Å². The number of hydrogen-bond acceptors (Lipinski definition) is 3. The third-order valence-corrected chi connectivity index (χ3v) is 2.23. The quantitative estimate of drug-likeness (QED) is 0.539. The summed E-state index contributed by atoms with van der Waals surface area (Å²) in [4.78, 5) is 23.7. The van der Waals surface area contributed by atoms with Crippen molar-refractivity contribution in [1.29, 1.82) is 0 Å². The predicted molar refractivity (Wildman–Crippen MR) is 54.8 cm³/mol. The molecule has 0 atom stereocenters. The molecule has 78 valence electrons. The minimum atomic E-state index is -0.345. The van der Waals surface area contributed by atoms with Crippen LogP contribution in [-0.4, -0.2) is 23.4 Å². The van der Waals surface area contributed by atoms with Crippen LogP contribution in [0.15, 0.2) is 24.3 Å². The number of hydrogen-bond donors (Lipinski definition) is 2. The van der Waals surface area contributed by atoms with E-state index in [2.05, 4.69) is 5.32 Å². The molecule has 5 nitrogen and oxygen atoms in total. The number of nitrogens with one attached hydrogen (secondary N) is 1. The van der Waals surface area contributed by atoms with Crippen LogP contribution in [0.25, 0.3) is 0 Å². The van der Waals surface area contributed by atoms with Gasteiger partial charge in [0, 0.05) is 5.69 Å². The number of benzene rings is 1. The van der Waals surface area contributed by atoms with Crippen molar-refractivity contribution < 1.29 is 9.59 Å². The molecule has 0 bridgehead atoms. The number of amides is 3. The summed E-state index contributed by atoms with van der Waals surface area (Å²) in [6, 6.07) is 6.79. The SMILES string of the molecule is Nc1cccc(CN2C(=O)CNC2=O)c1. The lowest BCUT2D eigenvalue weighted by Gasteiger charge is -2.12. The molecule has 0 aromatic heterocycles. The van der Waals surface area contributed by atoms with E-state index in [4.69, 9.17) is 5.73 Å². The molecule has 0 radical (unpaired) electrons. The zero-order chi connectivity index (χ0) is 10.8. The molecular formula is C10H11N3O2. The Bertz CT molecular complexity index is 401. The van der Waals surface area contributed by atoms with Crippen molar-refractivity contribution in [1.82, 2.24) is 10.2 Å². The summed E-state index contributed by atoms with van der Waals surface area (Å²) in [5.41, 5.74) is 7.07. The fourth-order valence-electron chi connectivity index (χ4n) is 1.49. The van der Waals surface area contributed by atoms with Gasteiger partial charge in [0.15, 0.2) is 0 Å². The molecule has 3 N–H and O–H groups in total. The summed E-state index contributed by atoms with van der Waals surface area (Å²) in [5.74, 6) is -0.206. The first-order valence-corrected chi connectivity index (χ1v) is 4.59. The molecule has 0 unspecified atom stereocenters. The molecule has 5 heteroatoms. The number of urea groups is 1. The summed E-state index contributed by atoms with van der Waals surface area (Å²) in [5, 5.41) is 2.46. The highest BCUT2D eigenvalue weighted by atomic mass is 16.2. The number of nitrogen functional groups attached to an aromatic ring is 1. The molecule has 1 aromatic rings. The Hall–Kier alpha value is -2.04. The summed E-state index contributed by atoms with van der Waals surface area (Å²) in [6.45, 7) is 0.358. The highest BCUT2D eigenvalue weighted by Gasteiger charge is 2.28. The van der Waals surface area contributed by atoms with Crippen molar-refractivity contribution in [2.24, 2.45) is 0 Å². The van der Waals surface area contributed by atoms with Crippen molar-refractivity contribution in [3.05, 3.63) is 29.8 Å². The number of carbonyl (C=O) groups is 2. The lowest BCUT2D eigenvalue weighted by Crippen LogP contribution is -2.30. The van der Waals surface area contributed by atoms with Crippen LogP contribution < -0.4 is 11.1 Å². The fourth-order valence-corrected chi connectivity index (χ4v) is 1.49. The molecule has 15 heavy (non-hydrogen) atoms. The van der Waals surface area contributed by atoms with Crippen LogP contribution in [0.2, 0.25) is 0 Å². The van der Waals surface area contributed by atoms with Gasteiger partial charge in [0.05, 0.1) is 13.1 Å². The molecule has 1 fully saturated rings. The van der Waals surface area contributed by atoms with Crippen molar-refractivity contribution >= 4 is 17.6 Å². The Morgan fingerprint density at radius 3 is 2.80 bits per heavy atom. The summed E-state index contributed by atoms with van der Waals surface area (Å²) in [7, 11) is 0. The second-order valence-electron chi connectivity index (χ2n) is 3.38. The summed E-state index contributed by atoms with van der Waals surface area (Å²) < 4.78 is 0. The Kier molecular flexibility index (Phi) is 2.29. The minimum absolute atomic E-state index is 0.0845. The van der Waals surface area contributed by atoms with Crippen LogP contribution in [0.4, 0.5) is 10.5 Å². The van der Waals surface area contributed by atoms with E-state index < -0.39 is 0 Å². The molecule has 1 saturated heterocycles. The van der Waals surface area contributed by atoms with Gasteiger partial charge in [0.2, 0.25) is 5.91 Å². The van der Waals surface area contributed by atoms with Gasteiger partial charge in [0.1, 0.15) is 0 Å². The van der Waals surface area contributed by atoms with E-state index in [0.29, 0.717) is 5.69 Å². The maximum atomic E-state index is 11.3. The lowest BCUT2D eigenvalue weighted by atomic mass is 10.2. The van der Waals surface area contributed by atoms with E-state index in [1.54, 1.807) is 18.2 Å². The highest BCUT2D eigenvalue weighted by Crippen LogP contribution is 2.11. The summed E-state index contributed by atoms with van der Waals surface area (Å²) in [6.07, 6.45) is 0. The van der Waals surface area contributed by atoms with Gasteiger partial charge in [-0.15, -0.1) is 0 Å². The first-order chi connectivity index (χ1) is 7.16. The second kappa shape index (κ2) is 3.61. The van der Waals surface area contributed by atoms with Crippen LogP contribution in [0.3, 0.4) is 0 Å². The molecule has 0 spiro atoms. The first kappa shape index (κ1) is 9.51. The van der Waals surface area contributed by atoms with E-state index in [0.717, 1.165) is 5.56 Å². The fraction of sp³-hybridized carbons (Fsp3) is 0.200. The van der Waals surface area contributed by atoms with Gasteiger partial charge in [0.25, 0.3) is 0 Å². The van der Waals surface area contributed by atoms with Gasteiger partial charge in [-0.2, -0.15) is 0 Å². The Labute approximate surface area is 86.9 Å². The molecule has 3 amide bonds. The predicted octanol–water partition coefficient (Wildman–Crippen LogP) is 0.321.